The normalized spacial score (nSPS) is 30.0. The SMILES string of the molecule is CC(C)CNC(=O)CN1C(=O)N[C@@]2(C[C@@H](C)CC(C)(C)C2)C1=O. The molecule has 130 valence electrons. The van der Waals surface area contributed by atoms with Crippen molar-refractivity contribution < 1.29 is 14.4 Å². The Labute approximate surface area is 138 Å². The van der Waals surface area contributed by atoms with Gasteiger partial charge in [0.2, 0.25) is 5.91 Å². The second kappa shape index (κ2) is 6.13. The first-order chi connectivity index (χ1) is 10.5. The minimum absolute atomic E-state index is 0.00345. The third-order valence-electron chi connectivity index (χ3n) is 4.63. The number of hydrogen-bond acceptors (Lipinski definition) is 3. The number of amides is 4. The molecule has 1 aliphatic heterocycles. The predicted octanol–water partition coefficient (Wildman–Crippen LogP) is 1.90. The van der Waals surface area contributed by atoms with Crippen LogP contribution in [0.3, 0.4) is 0 Å². The Bertz CT molecular complexity index is 515. The minimum atomic E-state index is -0.837. The molecule has 1 heterocycles. The molecule has 2 atom stereocenters. The van der Waals surface area contributed by atoms with E-state index in [1.165, 1.54) is 0 Å². The van der Waals surface area contributed by atoms with Crippen molar-refractivity contribution in [3.8, 4) is 0 Å². The number of nitrogens with one attached hydrogen (secondary N) is 2. The molecule has 2 aliphatic rings. The first-order valence-electron chi connectivity index (χ1n) is 8.45. The van der Waals surface area contributed by atoms with Crippen molar-refractivity contribution in [2.75, 3.05) is 13.1 Å². The summed E-state index contributed by atoms with van der Waals surface area (Å²) in [6.07, 6.45) is 2.30. The minimum Gasteiger partial charge on any atom is -0.354 e. The van der Waals surface area contributed by atoms with Crippen molar-refractivity contribution in [2.45, 2.75) is 59.4 Å². The second-order valence-electron chi connectivity index (χ2n) is 8.46. The topological polar surface area (TPSA) is 78.5 Å². The zero-order valence-electron chi connectivity index (χ0n) is 14.9. The van der Waals surface area contributed by atoms with Gasteiger partial charge in [-0.15, -0.1) is 0 Å². The van der Waals surface area contributed by atoms with Gasteiger partial charge in [0.15, 0.2) is 0 Å². The molecule has 2 fully saturated rings. The lowest BCUT2D eigenvalue weighted by Gasteiger charge is -2.43. The van der Waals surface area contributed by atoms with Gasteiger partial charge < -0.3 is 10.6 Å². The van der Waals surface area contributed by atoms with Crippen molar-refractivity contribution >= 4 is 17.8 Å². The molecule has 0 unspecified atom stereocenters. The molecule has 6 heteroatoms. The largest absolute Gasteiger partial charge is 0.354 e. The fraction of sp³-hybridized carbons (Fsp3) is 0.824. The van der Waals surface area contributed by atoms with Crippen LogP contribution < -0.4 is 10.6 Å². The summed E-state index contributed by atoms with van der Waals surface area (Å²) < 4.78 is 0. The maximum atomic E-state index is 12.9. The van der Waals surface area contributed by atoms with Crippen molar-refractivity contribution in [1.82, 2.24) is 15.5 Å². The quantitative estimate of drug-likeness (QED) is 0.776. The summed E-state index contributed by atoms with van der Waals surface area (Å²) in [7, 11) is 0. The number of imide groups is 1. The highest BCUT2D eigenvalue weighted by molar-refractivity contribution is 6.09. The summed E-state index contributed by atoms with van der Waals surface area (Å²) in [4.78, 5) is 38.2. The third-order valence-corrected chi connectivity index (χ3v) is 4.63. The molecule has 1 saturated heterocycles. The van der Waals surface area contributed by atoms with Crippen LogP contribution in [0.4, 0.5) is 4.79 Å². The van der Waals surface area contributed by atoms with Crippen LogP contribution in [0.1, 0.15) is 53.9 Å². The van der Waals surface area contributed by atoms with Crippen molar-refractivity contribution in [2.24, 2.45) is 17.3 Å². The van der Waals surface area contributed by atoms with Crippen LogP contribution in [0.15, 0.2) is 0 Å². The van der Waals surface area contributed by atoms with E-state index < -0.39 is 11.6 Å². The third kappa shape index (κ3) is 3.85. The highest BCUT2D eigenvalue weighted by Crippen LogP contribution is 2.46. The average Bonchev–Trinajstić information content (AvgIpc) is 2.58. The van der Waals surface area contributed by atoms with E-state index in [1.807, 2.05) is 13.8 Å². The van der Waals surface area contributed by atoms with Gasteiger partial charge in [0.1, 0.15) is 12.1 Å². The van der Waals surface area contributed by atoms with E-state index in [4.69, 9.17) is 0 Å². The second-order valence-corrected chi connectivity index (χ2v) is 8.46. The Morgan fingerprint density at radius 3 is 2.57 bits per heavy atom. The summed E-state index contributed by atoms with van der Waals surface area (Å²) >= 11 is 0. The highest BCUT2D eigenvalue weighted by Gasteiger charge is 2.56. The van der Waals surface area contributed by atoms with E-state index >= 15 is 0 Å². The predicted molar refractivity (Wildman–Crippen MR) is 87.6 cm³/mol. The summed E-state index contributed by atoms with van der Waals surface area (Å²) in [6, 6.07) is -0.445. The van der Waals surface area contributed by atoms with Crippen molar-refractivity contribution in [3.05, 3.63) is 0 Å². The summed E-state index contributed by atoms with van der Waals surface area (Å²) in [5.74, 6) is 0.148. The summed E-state index contributed by atoms with van der Waals surface area (Å²) in [6.45, 7) is 10.7. The van der Waals surface area contributed by atoms with Gasteiger partial charge in [-0.25, -0.2) is 4.79 Å². The molecule has 0 bridgehead atoms. The van der Waals surface area contributed by atoms with Gasteiger partial charge in [-0.2, -0.15) is 0 Å². The molecule has 2 N–H and O–H groups in total. The Balaban J connectivity index is 2.09. The zero-order chi connectivity index (χ0) is 17.4. The lowest BCUT2D eigenvalue weighted by molar-refractivity contribution is -0.137. The monoisotopic (exact) mass is 323 g/mol. The smallest absolute Gasteiger partial charge is 0.325 e. The number of carbonyl (C=O) groups is 3. The molecule has 1 spiro atoms. The maximum Gasteiger partial charge on any atom is 0.325 e. The molecule has 0 aromatic rings. The lowest BCUT2D eigenvalue weighted by Crippen LogP contribution is -2.54. The van der Waals surface area contributed by atoms with Crippen molar-refractivity contribution in [3.63, 3.8) is 0 Å². The first-order valence-corrected chi connectivity index (χ1v) is 8.45. The van der Waals surface area contributed by atoms with Crippen LogP contribution in [0, 0.1) is 17.3 Å². The fourth-order valence-corrected chi connectivity index (χ4v) is 4.17. The Morgan fingerprint density at radius 2 is 2.00 bits per heavy atom. The number of urea groups is 1. The van der Waals surface area contributed by atoms with Crippen LogP contribution in [0.5, 0.6) is 0 Å². The number of hydrogen-bond donors (Lipinski definition) is 2. The fourth-order valence-electron chi connectivity index (χ4n) is 4.17. The van der Waals surface area contributed by atoms with Crippen molar-refractivity contribution in [1.29, 1.82) is 0 Å². The van der Waals surface area contributed by atoms with Gasteiger partial charge in [-0.3, -0.25) is 14.5 Å². The zero-order valence-corrected chi connectivity index (χ0v) is 14.9. The van der Waals surface area contributed by atoms with Gasteiger partial charge in [-0.1, -0.05) is 34.6 Å². The van der Waals surface area contributed by atoms with E-state index in [2.05, 4.69) is 31.4 Å². The van der Waals surface area contributed by atoms with E-state index in [-0.39, 0.29) is 23.8 Å². The molecule has 0 aromatic carbocycles. The van der Waals surface area contributed by atoms with Gasteiger partial charge in [0.05, 0.1) is 0 Å². The molecular formula is C17H29N3O3. The Hall–Kier alpha value is -1.59. The standard InChI is InChI=1S/C17H29N3O3/c1-11(2)8-18-13(21)9-20-14(22)17(19-15(20)23)7-12(3)6-16(4,5)10-17/h11-12H,6-10H2,1-5H3,(H,18,21)(H,19,23)/t12-,17+/m0/s1. The Morgan fingerprint density at radius 1 is 1.35 bits per heavy atom. The van der Waals surface area contributed by atoms with Crippen LogP contribution in [0.2, 0.25) is 0 Å². The molecule has 0 aromatic heterocycles. The lowest BCUT2D eigenvalue weighted by atomic mass is 9.64. The van der Waals surface area contributed by atoms with Gasteiger partial charge in [0.25, 0.3) is 5.91 Å². The first kappa shape index (κ1) is 17.8. The highest BCUT2D eigenvalue weighted by atomic mass is 16.2. The van der Waals surface area contributed by atoms with Crippen LogP contribution >= 0.6 is 0 Å². The van der Waals surface area contributed by atoms with Crippen LogP contribution in [-0.2, 0) is 9.59 Å². The van der Waals surface area contributed by atoms with Crippen LogP contribution in [0.25, 0.3) is 0 Å². The molecule has 0 radical (unpaired) electrons. The van der Waals surface area contributed by atoms with Gasteiger partial charge in [-0.05, 0) is 36.5 Å². The molecule has 23 heavy (non-hydrogen) atoms. The number of nitrogens with zero attached hydrogens (tertiary/aromatic N) is 1. The van der Waals surface area contributed by atoms with E-state index in [1.54, 1.807) is 0 Å². The van der Waals surface area contributed by atoms with E-state index in [0.29, 0.717) is 31.2 Å². The average molecular weight is 323 g/mol. The van der Waals surface area contributed by atoms with Gasteiger partial charge >= 0.3 is 6.03 Å². The molecule has 4 amide bonds. The summed E-state index contributed by atoms with van der Waals surface area (Å²) in [5, 5.41) is 5.64. The van der Waals surface area contributed by atoms with Crippen LogP contribution in [-0.4, -0.2) is 41.4 Å². The number of carbonyl (C=O) groups excluding carboxylic acids is 3. The Kier molecular flexibility index (Phi) is 4.74. The van der Waals surface area contributed by atoms with E-state index in [0.717, 1.165) is 11.3 Å². The molecule has 1 saturated carbocycles. The maximum absolute atomic E-state index is 12.9. The summed E-state index contributed by atoms with van der Waals surface area (Å²) in [5.41, 5.74) is -0.840. The molecule has 1 aliphatic carbocycles. The van der Waals surface area contributed by atoms with Gasteiger partial charge in [0, 0.05) is 6.54 Å². The molecule has 6 nitrogen and oxygen atoms in total. The molecular weight excluding hydrogens is 294 g/mol. The number of rotatable bonds is 4. The molecule has 2 rings (SSSR count). The van der Waals surface area contributed by atoms with E-state index in [9.17, 15) is 14.4 Å².